The van der Waals surface area contributed by atoms with Crippen LogP contribution in [-0.4, -0.2) is 29.5 Å². The molecule has 1 aromatic carbocycles. The standard InChI is InChI=1S/C11H15N5O2/c12-15-16-7-13-11(18)9(16)6-10(17)14-8-4-2-1-3-5-8/h1-5,9,15H,6-7,12H2,(H,13,18)(H,14,17). The molecule has 2 rings (SSSR count). The van der Waals surface area contributed by atoms with Crippen LogP contribution in [0.15, 0.2) is 30.3 Å². The van der Waals surface area contributed by atoms with Gasteiger partial charge in [-0.2, -0.15) is 10.5 Å². The number of hydrogen-bond acceptors (Lipinski definition) is 5. The Labute approximate surface area is 104 Å². The summed E-state index contributed by atoms with van der Waals surface area (Å²) >= 11 is 0. The smallest absolute Gasteiger partial charge is 0.240 e. The second kappa shape index (κ2) is 5.58. The Morgan fingerprint density at radius 2 is 2.17 bits per heavy atom. The predicted octanol–water partition coefficient (Wildman–Crippen LogP) is -0.849. The lowest BCUT2D eigenvalue weighted by Crippen LogP contribution is -2.48. The van der Waals surface area contributed by atoms with Gasteiger partial charge in [0, 0.05) is 5.69 Å². The molecule has 1 fully saturated rings. The van der Waals surface area contributed by atoms with Gasteiger partial charge in [-0.3, -0.25) is 15.4 Å². The summed E-state index contributed by atoms with van der Waals surface area (Å²) in [5.74, 6) is 4.82. The molecule has 96 valence electrons. The van der Waals surface area contributed by atoms with Crippen LogP contribution in [0.5, 0.6) is 0 Å². The Bertz CT molecular complexity index is 436. The van der Waals surface area contributed by atoms with Crippen LogP contribution >= 0.6 is 0 Å². The zero-order valence-corrected chi connectivity index (χ0v) is 9.72. The molecule has 1 heterocycles. The molecule has 7 nitrogen and oxygen atoms in total. The van der Waals surface area contributed by atoms with Gasteiger partial charge in [0.15, 0.2) is 0 Å². The molecule has 0 saturated carbocycles. The normalized spacial score (nSPS) is 19.6. The summed E-state index contributed by atoms with van der Waals surface area (Å²) in [6.07, 6.45) is 0.0466. The zero-order valence-electron chi connectivity index (χ0n) is 9.72. The van der Waals surface area contributed by atoms with Crippen LogP contribution in [-0.2, 0) is 9.59 Å². The fraction of sp³-hybridized carbons (Fsp3) is 0.273. The number of nitrogens with one attached hydrogen (secondary N) is 3. The number of nitrogens with two attached hydrogens (primary N) is 1. The van der Waals surface area contributed by atoms with Crippen LogP contribution in [0.3, 0.4) is 0 Å². The number of carbonyl (C=O) groups is 2. The van der Waals surface area contributed by atoms with E-state index in [-0.39, 0.29) is 18.2 Å². The molecular formula is C11H15N5O2. The lowest BCUT2D eigenvalue weighted by Gasteiger charge is -2.18. The molecule has 18 heavy (non-hydrogen) atoms. The van der Waals surface area contributed by atoms with Crippen LogP contribution in [0, 0.1) is 0 Å². The highest BCUT2D eigenvalue weighted by Crippen LogP contribution is 2.10. The van der Waals surface area contributed by atoms with Crippen molar-refractivity contribution in [2.75, 3.05) is 12.0 Å². The quantitative estimate of drug-likeness (QED) is 0.411. The van der Waals surface area contributed by atoms with Crippen LogP contribution in [0.25, 0.3) is 0 Å². The summed E-state index contributed by atoms with van der Waals surface area (Å²) in [7, 11) is 0. The maximum Gasteiger partial charge on any atom is 0.240 e. The third-order valence-electron chi connectivity index (χ3n) is 2.70. The summed E-state index contributed by atoms with van der Waals surface area (Å²) in [5.41, 5.74) is 3.09. The van der Waals surface area contributed by atoms with Crippen LogP contribution in [0.4, 0.5) is 5.69 Å². The van der Waals surface area contributed by atoms with Gasteiger partial charge in [-0.05, 0) is 12.1 Å². The third kappa shape index (κ3) is 2.83. The van der Waals surface area contributed by atoms with Crippen LogP contribution < -0.4 is 22.0 Å². The molecule has 0 aromatic heterocycles. The Kier molecular flexibility index (Phi) is 3.88. The van der Waals surface area contributed by atoms with E-state index < -0.39 is 6.04 Å². The van der Waals surface area contributed by atoms with Gasteiger partial charge < -0.3 is 10.6 Å². The van der Waals surface area contributed by atoms with Gasteiger partial charge in [-0.1, -0.05) is 18.2 Å². The van der Waals surface area contributed by atoms with E-state index in [2.05, 4.69) is 16.2 Å². The van der Waals surface area contributed by atoms with E-state index in [0.717, 1.165) is 0 Å². The first-order chi connectivity index (χ1) is 8.70. The fourth-order valence-corrected chi connectivity index (χ4v) is 1.78. The van der Waals surface area contributed by atoms with Crippen molar-refractivity contribution in [3.8, 4) is 0 Å². The van der Waals surface area contributed by atoms with Gasteiger partial charge in [0.1, 0.15) is 6.04 Å². The summed E-state index contributed by atoms with van der Waals surface area (Å²) < 4.78 is 0. The molecular weight excluding hydrogens is 234 g/mol. The summed E-state index contributed by atoms with van der Waals surface area (Å²) in [6, 6.07) is 8.49. The Hall–Kier alpha value is -1.96. The molecule has 0 aliphatic carbocycles. The third-order valence-corrected chi connectivity index (χ3v) is 2.70. The van der Waals surface area contributed by atoms with E-state index in [1.54, 1.807) is 12.1 Å². The second-order valence-corrected chi connectivity index (χ2v) is 3.93. The van der Waals surface area contributed by atoms with Gasteiger partial charge in [-0.25, -0.2) is 0 Å². The van der Waals surface area contributed by atoms with Crippen molar-refractivity contribution in [3.05, 3.63) is 30.3 Å². The number of hydrazine groups is 2. The molecule has 5 N–H and O–H groups in total. The van der Waals surface area contributed by atoms with E-state index in [4.69, 9.17) is 5.84 Å². The first-order valence-corrected chi connectivity index (χ1v) is 5.56. The summed E-state index contributed by atoms with van der Waals surface area (Å²) in [6.45, 7) is 0.290. The maximum absolute atomic E-state index is 11.8. The van der Waals surface area contributed by atoms with Gasteiger partial charge in [0.2, 0.25) is 11.8 Å². The molecule has 0 radical (unpaired) electrons. The predicted molar refractivity (Wildman–Crippen MR) is 65.6 cm³/mol. The summed E-state index contributed by atoms with van der Waals surface area (Å²) in [4.78, 5) is 23.3. The van der Waals surface area contributed by atoms with Crippen molar-refractivity contribution < 1.29 is 9.59 Å². The fourth-order valence-electron chi connectivity index (χ4n) is 1.78. The van der Waals surface area contributed by atoms with Crippen molar-refractivity contribution in [3.63, 3.8) is 0 Å². The number of anilines is 1. The Morgan fingerprint density at radius 1 is 1.44 bits per heavy atom. The number of nitrogens with zero attached hydrogens (tertiary/aromatic N) is 1. The lowest BCUT2D eigenvalue weighted by atomic mass is 10.2. The number of amides is 2. The highest BCUT2D eigenvalue weighted by Gasteiger charge is 2.33. The first-order valence-electron chi connectivity index (χ1n) is 5.56. The van der Waals surface area contributed by atoms with E-state index in [9.17, 15) is 9.59 Å². The topological polar surface area (TPSA) is 99.5 Å². The number of para-hydroxylation sites is 1. The van der Waals surface area contributed by atoms with Gasteiger partial charge >= 0.3 is 0 Å². The molecule has 1 aliphatic rings. The van der Waals surface area contributed by atoms with Crippen molar-refractivity contribution in [1.82, 2.24) is 15.9 Å². The molecule has 1 unspecified atom stereocenters. The van der Waals surface area contributed by atoms with Gasteiger partial charge in [0.05, 0.1) is 13.1 Å². The molecule has 2 amide bonds. The number of benzene rings is 1. The van der Waals surface area contributed by atoms with Crippen molar-refractivity contribution in [2.45, 2.75) is 12.5 Å². The van der Waals surface area contributed by atoms with Crippen molar-refractivity contribution in [1.29, 1.82) is 0 Å². The minimum absolute atomic E-state index is 0.0466. The number of hydrogen-bond donors (Lipinski definition) is 4. The van der Waals surface area contributed by atoms with E-state index >= 15 is 0 Å². The molecule has 1 aliphatic heterocycles. The lowest BCUT2D eigenvalue weighted by molar-refractivity contribution is -0.126. The summed E-state index contributed by atoms with van der Waals surface area (Å²) in [5, 5.41) is 6.80. The average molecular weight is 249 g/mol. The molecule has 1 saturated heterocycles. The number of rotatable bonds is 4. The van der Waals surface area contributed by atoms with Crippen molar-refractivity contribution >= 4 is 17.5 Å². The highest BCUT2D eigenvalue weighted by molar-refractivity contribution is 5.95. The average Bonchev–Trinajstić information content (AvgIpc) is 2.72. The highest BCUT2D eigenvalue weighted by atomic mass is 16.2. The monoisotopic (exact) mass is 249 g/mol. The second-order valence-electron chi connectivity index (χ2n) is 3.93. The SMILES string of the molecule is NNN1CNC(=O)C1CC(=O)Nc1ccccc1. The van der Waals surface area contributed by atoms with E-state index in [0.29, 0.717) is 12.4 Å². The van der Waals surface area contributed by atoms with Gasteiger partial charge in [-0.15, -0.1) is 0 Å². The zero-order chi connectivity index (χ0) is 13.0. The number of carbonyl (C=O) groups excluding carboxylic acids is 2. The molecule has 0 spiro atoms. The minimum Gasteiger partial charge on any atom is -0.341 e. The Morgan fingerprint density at radius 3 is 2.83 bits per heavy atom. The van der Waals surface area contributed by atoms with E-state index in [1.807, 2.05) is 18.2 Å². The molecule has 7 heteroatoms. The minimum atomic E-state index is -0.585. The molecule has 1 aromatic rings. The maximum atomic E-state index is 11.8. The molecule has 0 bridgehead atoms. The largest absolute Gasteiger partial charge is 0.341 e. The van der Waals surface area contributed by atoms with Crippen LogP contribution in [0.2, 0.25) is 0 Å². The van der Waals surface area contributed by atoms with Crippen molar-refractivity contribution in [2.24, 2.45) is 5.84 Å². The Balaban J connectivity index is 1.93. The van der Waals surface area contributed by atoms with Gasteiger partial charge in [0.25, 0.3) is 0 Å². The van der Waals surface area contributed by atoms with E-state index in [1.165, 1.54) is 5.01 Å². The van der Waals surface area contributed by atoms with Crippen LogP contribution in [0.1, 0.15) is 6.42 Å². The first kappa shape index (κ1) is 12.5. The molecule has 1 atom stereocenters.